The molecule has 0 radical (unpaired) electrons. The van der Waals surface area contributed by atoms with E-state index in [0.29, 0.717) is 35.5 Å². The third-order valence-corrected chi connectivity index (χ3v) is 6.03. The lowest BCUT2D eigenvalue weighted by atomic mass is 10.1. The van der Waals surface area contributed by atoms with Crippen molar-refractivity contribution in [3.8, 4) is 17.3 Å². The molecular formula is C24H28N8O2. The molecule has 3 aromatic heterocycles. The van der Waals surface area contributed by atoms with Crippen LogP contribution in [0.15, 0.2) is 43.0 Å². The van der Waals surface area contributed by atoms with E-state index in [1.165, 1.54) is 12.8 Å². The monoisotopic (exact) mass is 460 g/mol. The molecule has 10 heteroatoms. The van der Waals surface area contributed by atoms with Crippen LogP contribution in [0.25, 0.3) is 11.4 Å². The van der Waals surface area contributed by atoms with Gasteiger partial charge in [-0.05, 0) is 49.8 Å². The van der Waals surface area contributed by atoms with Crippen LogP contribution in [0.5, 0.6) is 5.88 Å². The van der Waals surface area contributed by atoms with Crippen molar-refractivity contribution >= 4 is 23.0 Å². The lowest BCUT2D eigenvalue weighted by molar-refractivity contribution is 0.102. The van der Waals surface area contributed by atoms with Crippen molar-refractivity contribution in [2.24, 2.45) is 11.7 Å². The van der Waals surface area contributed by atoms with Gasteiger partial charge in [-0.15, -0.1) is 0 Å². The first kappa shape index (κ1) is 22.0. The summed E-state index contributed by atoms with van der Waals surface area (Å²) >= 11 is 0. The summed E-state index contributed by atoms with van der Waals surface area (Å²) in [7, 11) is 0. The maximum atomic E-state index is 13.2. The number of nitrogens with two attached hydrogens (primary N) is 2. The van der Waals surface area contributed by atoms with Crippen molar-refractivity contribution in [1.29, 1.82) is 0 Å². The summed E-state index contributed by atoms with van der Waals surface area (Å²) in [5.74, 6) is 0.617. The zero-order valence-electron chi connectivity index (χ0n) is 18.9. The number of nitrogens with one attached hydrogen (secondary N) is 1. The molecule has 1 unspecified atom stereocenters. The van der Waals surface area contributed by atoms with Gasteiger partial charge in [0.1, 0.15) is 5.69 Å². The van der Waals surface area contributed by atoms with Gasteiger partial charge in [0.25, 0.3) is 5.91 Å². The van der Waals surface area contributed by atoms with Crippen molar-refractivity contribution in [2.75, 3.05) is 35.6 Å². The number of piperidine rings is 1. The summed E-state index contributed by atoms with van der Waals surface area (Å²) in [6, 6.07) is 5.34. The molecular weight excluding hydrogens is 432 g/mol. The normalized spacial score (nSPS) is 17.9. The molecule has 5 rings (SSSR count). The number of rotatable bonds is 7. The Morgan fingerprint density at radius 1 is 1.09 bits per heavy atom. The van der Waals surface area contributed by atoms with E-state index >= 15 is 0 Å². The van der Waals surface area contributed by atoms with E-state index in [2.05, 4.69) is 30.2 Å². The predicted octanol–water partition coefficient (Wildman–Crippen LogP) is 2.48. The number of aromatic nitrogens is 4. The average molecular weight is 461 g/mol. The van der Waals surface area contributed by atoms with Crippen LogP contribution >= 0.6 is 0 Å². The molecule has 2 aliphatic rings. The van der Waals surface area contributed by atoms with Gasteiger partial charge in [0.05, 0.1) is 48.0 Å². The van der Waals surface area contributed by atoms with Crippen LogP contribution in [0.2, 0.25) is 0 Å². The molecule has 2 fully saturated rings. The minimum absolute atomic E-state index is 0.101. The molecule has 4 heterocycles. The SMILES string of the molecule is Nc1ccc(-c2cncc(OCC3CC3)n2)nc1C(=O)Nc1cnccc1N1CCCC(N)C1. The fraction of sp³-hybridized carbons (Fsp3) is 0.375. The van der Waals surface area contributed by atoms with Crippen molar-refractivity contribution in [3.63, 3.8) is 0 Å². The largest absolute Gasteiger partial charge is 0.476 e. The van der Waals surface area contributed by atoms with Gasteiger partial charge < -0.3 is 26.4 Å². The Hall–Kier alpha value is -3.79. The Morgan fingerprint density at radius 2 is 1.97 bits per heavy atom. The van der Waals surface area contributed by atoms with Gasteiger partial charge >= 0.3 is 0 Å². The van der Waals surface area contributed by atoms with Crippen LogP contribution < -0.4 is 26.4 Å². The second-order valence-corrected chi connectivity index (χ2v) is 8.83. The molecule has 3 aromatic rings. The fourth-order valence-electron chi connectivity index (χ4n) is 3.99. The second kappa shape index (κ2) is 9.60. The summed E-state index contributed by atoms with van der Waals surface area (Å²) in [5.41, 5.74) is 15.1. The Morgan fingerprint density at radius 3 is 2.79 bits per heavy atom. The number of carbonyl (C=O) groups excluding carboxylic acids is 1. The highest BCUT2D eigenvalue weighted by Gasteiger charge is 2.23. The molecule has 0 aromatic carbocycles. The molecule has 1 amide bonds. The maximum absolute atomic E-state index is 13.2. The number of pyridine rings is 2. The highest BCUT2D eigenvalue weighted by Crippen LogP contribution is 2.30. The van der Waals surface area contributed by atoms with Crippen LogP contribution in [0.4, 0.5) is 17.1 Å². The number of amides is 1. The van der Waals surface area contributed by atoms with Gasteiger partial charge in [-0.2, -0.15) is 0 Å². The minimum Gasteiger partial charge on any atom is -0.476 e. The number of anilines is 3. The molecule has 176 valence electrons. The van der Waals surface area contributed by atoms with Crippen molar-refractivity contribution in [2.45, 2.75) is 31.7 Å². The number of hydrogen-bond donors (Lipinski definition) is 3. The molecule has 0 bridgehead atoms. The van der Waals surface area contributed by atoms with Crippen molar-refractivity contribution < 1.29 is 9.53 Å². The zero-order valence-corrected chi connectivity index (χ0v) is 18.9. The molecule has 0 spiro atoms. The fourth-order valence-corrected chi connectivity index (χ4v) is 3.99. The Bertz CT molecular complexity index is 1180. The smallest absolute Gasteiger partial charge is 0.276 e. The van der Waals surface area contributed by atoms with Gasteiger partial charge in [0.2, 0.25) is 5.88 Å². The maximum Gasteiger partial charge on any atom is 0.276 e. The number of nitrogen functional groups attached to an aromatic ring is 1. The highest BCUT2D eigenvalue weighted by atomic mass is 16.5. The van der Waals surface area contributed by atoms with Gasteiger partial charge in [-0.25, -0.2) is 9.97 Å². The van der Waals surface area contributed by atoms with E-state index in [4.69, 9.17) is 16.2 Å². The number of nitrogens with zero attached hydrogens (tertiary/aromatic N) is 5. The first-order valence-corrected chi connectivity index (χ1v) is 11.5. The van der Waals surface area contributed by atoms with Crippen molar-refractivity contribution in [1.82, 2.24) is 19.9 Å². The molecule has 1 atom stereocenters. The van der Waals surface area contributed by atoms with Gasteiger partial charge in [0.15, 0.2) is 5.69 Å². The molecule has 10 nitrogen and oxygen atoms in total. The summed E-state index contributed by atoms with van der Waals surface area (Å²) < 4.78 is 5.72. The van der Waals surface area contributed by atoms with E-state index in [0.717, 1.165) is 31.6 Å². The van der Waals surface area contributed by atoms with Gasteiger partial charge in [-0.1, -0.05) is 0 Å². The first-order valence-electron chi connectivity index (χ1n) is 11.5. The summed E-state index contributed by atoms with van der Waals surface area (Å²) in [5, 5.41) is 2.92. The topological polar surface area (TPSA) is 145 Å². The molecule has 1 saturated heterocycles. The summed E-state index contributed by atoms with van der Waals surface area (Å²) in [6.45, 7) is 2.23. The molecule has 1 saturated carbocycles. The molecule has 1 aliphatic heterocycles. The molecule has 5 N–H and O–H groups in total. The Labute approximate surface area is 197 Å². The van der Waals surface area contributed by atoms with Gasteiger partial charge in [-0.3, -0.25) is 14.8 Å². The van der Waals surface area contributed by atoms with Gasteiger partial charge in [0, 0.05) is 25.3 Å². The standard InChI is InChI=1S/C24H28N8O2/c25-16-2-1-9-32(13-16)21-7-8-27-11-20(21)31-24(33)23-17(26)5-6-18(30-23)19-10-28-12-22(29-19)34-14-15-3-4-15/h5-8,10-12,15-16H,1-4,9,13-14,25-26H2,(H,31,33). The van der Waals surface area contributed by atoms with Crippen LogP contribution in [0.3, 0.4) is 0 Å². The quantitative estimate of drug-likeness (QED) is 0.484. The van der Waals surface area contributed by atoms with E-state index < -0.39 is 5.91 Å². The third kappa shape index (κ3) is 5.07. The summed E-state index contributed by atoms with van der Waals surface area (Å²) in [6.07, 6.45) is 10.9. The zero-order chi connectivity index (χ0) is 23.5. The van der Waals surface area contributed by atoms with Crippen LogP contribution in [0, 0.1) is 5.92 Å². The minimum atomic E-state index is -0.427. The van der Waals surface area contributed by atoms with Crippen LogP contribution in [0.1, 0.15) is 36.2 Å². The number of hydrogen-bond acceptors (Lipinski definition) is 9. The van der Waals surface area contributed by atoms with E-state index in [-0.39, 0.29) is 17.4 Å². The predicted molar refractivity (Wildman–Crippen MR) is 130 cm³/mol. The Kier molecular flexibility index (Phi) is 6.22. The van der Waals surface area contributed by atoms with E-state index in [9.17, 15) is 4.79 Å². The third-order valence-electron chi connectivity index (χ3n) is 6.03. The highest BCUT2D eigenvalue weighted by molar-refractivity contribution is 6.07. The second-order valence-electron chi connectivity index (χ2n) is 8.83. The lowest BCUT2D eigenvalue weighted by Gasteiger charge is -2.33. The number of ether oxygens (including phenoxy) is 1. The van der Waals surface area contributed by atoms with E-state index in [1.54, 1.807) is 36.9 Å². The summed E-state index contributed by atoms with van der Waals surface area (Å²) in [4.78, 5) is 32.7. The van der Waals surface area contributed by atoms with Crippen LogP contribution in [-0.2, 0) is 0 Å². The first-order chi connectivity index (χ1) is 16.6. The van der Waals surface area contributed by atoms with Crippen LogP contribution in [-0.4, -0.2) is 51.6 Å². The Balaban J connectivity index is 1.36. The molecule has 34 heavy (non-hydrogen) atoms. The van der Waals surface area contributed by atoms with E-state index in [1.807, 2.05) is 6.07 Å². The average Bonchev–Trinajstić information content (AvgIpc) is 3.68. The molecule has 1 aliphatic carbocycles. The van der Waals surface area contributed by atoms with Crippen molar-refractivity contribution in [3.05, 3.63) is 48.7 Å². The lowest BCUT2D eigenvalue weighted by Crippen LogP contribution is -2.43. The number of carbonyl (C=O) groups is 1.